The van der Waals surface area contributed by atoms with Crippen molar-refractivity contribution in [1.82, 2.24) is 9.97 Å². The van der Waals surface area contributed by atoms with E-state index in [4.69, 9.17) is 5.73 Å². The molecule has 0 fully saturated rings. The van der Waals surface area contributed by atoms with E-state index in [9.17, 15) is 18.3 Å². The highest BCUT2D eigenvalue weighted by Crippen LogP contribution is 2.27. The minimum absolute atomic E-state index is 0.00443. The minimum Gasteiger partial charge on any atom is -0.506 e. The number of nitrogens with zero attached hydrogens (tertiary/aromatic N) is 2. The third-order valence-electron chi connectivity index (χ3n) is 2.90. The topological polar surface area (TPSA) is 135 Å². The van der Waals surface area contributed by atoms with Crippen molar-refractivity contribution in [3.63, 3.8) is 0 Å². The van der Waals surface area contributed by atoms with Crippen LogP contribution in [0.5, 0.6) is 5.75 Å². The highest BCUT2D eigenvalue weighted by Gasteiger charge is 2.17. The molecule has 0 atom stereocenters. The van der Waals surface area contributed by atoms with E-state index in [0.29, 0.717) is 0 Å². The van der Waals surface area contributed by atoms with Crippen molar-refractivity contribution >= 4 is 27.2 Å². The van der Waals surface area contributed by atoms with Crippen molar-refractivity contribution in [1.29, 1.82) is 0 Å². The normalized spacial score (nSPS) is 11.1. The second-order valence-corrected chi connectivity index (χ2v) is 6.60. The highest BCUT2D eigenvalue weighted by molar-refractivity contribution is 7.91. The number of phenolic OH excluding ortho intramolecular Hbond substituents is 1. The van der Waals surface area contributed by atoms with Gasteiger partial charge in [0.05, 0.1) is 16.3 Å². The number of nitrogens with one attached hydrogen (secondary N) is 1. The van der Waals surface area contributed by atoms with Crippen molar-refractivity contribution in [3.05, 3.63) is 36.3 Å². The summed E-state index contributed by atoms with van der Waals surface area (Å²) in [7, 11) is -3.46. The van der Waals surface area contributed by atoms with Crippen LogP contribution in [0.1, 0.15) is 17.4 Å². The average Bonchev–Trinajstić information content (AvgIpc) is 2.49. The number of aromatic nitrogens is 2. The second-order valence-electron chi connectivity index (χ2n) is 4.33. The van der Waals surface area contributed by atoms with Gasteiger partial charge in [-0.3, -0.25) is 4.79 Å². The van der Waals surface area contributed by atoms with Crippen LogP contribution < -0.4 is 11.1 Å². The van der Waals surface area contributed by atoms with E-state index in [1.54, 1.807) is 0 Å². The largest absolute Gasteiger partial charge is 0.506 e. The predicted molar refractivity (Wildman–Crippen MR) is 80.2 cm³/mol. The van der Waals surface area contributed by atoms with Gasteiger partial charge >= 0.3 is 0 Å². The Hall–Kier alpha value is -2.68. The Morgan fingerprint density at radius 2 is 2.00 bits per heavy atom. The summed E-state index contributed by atoms with van der Waals surface area (Å²) in [6, 6.07) is 3.64. The van der Waals surface area contributed by atoms with E-state index >= 15 is 0 Å². The molecule has 1 aromatic carbocycles. The van der Waals surface area contributed by atoms with Gasteiger partial charge in [-0.15, -0.1) is 0 Å². The van der Waals surface area contributed by atoms with Gasteiger partial charge < -0.3 is 16.2 Å². The van der Waals surface area contributed by atoms with Crippen LogP contribution in [0.2, 0.25) is 0 Å². The molecule has 2 rings (SSSR count). The third-order valence-corrected chi connectivity index (χ3v) is 4.63. The first-order valence-corrected chi connectivity index (χ1v) is 7.94. The van der Waals surface area contributed by atoms with Gasteiger partial charge in [0.15, 0.2) is 21.3 Å². The standard InChI is InChI=1S/C13H14N4O4S/c1-2-22(20,21)8-3-4-10(18)9(7-8)17-13(19)11-12(14)16-6-5-15-11/h3-7,18H,2H2,1H3,(H2,14,16)(H,17,19). The first-order chi connectivity index (χ1) is 10.3. The first-order valence-electron chi connectivity index (χ1n) is 6.28. The van der Waals surface area contributed by atoms with Crippen molar-refractivity contribution in [2.75, 3.05) is 16.8 Å². The fourth-order valence-corrected chi connectivity index (χ4v) is 2.59. The molecule has 1 aromatic heterocycles. The molecule has 1 heterocycles. The molecular weight excluding hydrogens is 308 g/mol. The van der Waals surface area contributed by atoms with Crippen LogP contribution in [0.15, 0.2) is 35.5 Å². The molecule has 1 amide bonds. The van der Waals surface area contributed by atoms with E-state index in [-0.39, 0.29) is 33.6 Å². The van der Waals surface area contributed by atoms with Gasteiger partial charge in [-0.2, -0.15) is 0 Å². The highest BCUT2D eigenvalue weighted by atomic mass is 32.2. The Kier molecular flexibility index (Phi) is 4.27. The molecule has 0 unspecified atom stereocenters. The molecular formula is C13H14N4O4S. The number of benzene rings is 1. The molecule has 116 valence electrons. The number of anilines is 2. The molecule has 0 aliphatic heterocycles. The lowest BCUT2D eigenvalue weighted by atomic mass is 10.2. The monoisotopic (exact) mass is 322 g/mol. The zero-order valence-corrected chi connectivity index (χ0v) is 12.5. The number of nitrogen functional groups attached to an aromatic ring is 1. The summed E-state index contributed by atoms with van der Waals surface area (Å²) in [5.41, 5.74) is 5.37. The quantitative estimate of drug-likeness (QED) is 0.709. The summed E-state index contributed by atoms with van der Waals surface area (Å²) in [5, 5.41) is 12.1. The molecule has 0 saturated carbocycles. The maximum absolute atomic E-state index is 12.1. The number of amides is 1. The lowest BCUT2D eigenvalue weighted by Gasteiger charge is -2.10. The molecule has 0 radical (unpaired) electrons. The number of carbonyl (C=O) groups excluding carboxylic acids is 1. The van der Waals surface area contributed by atoms with Crippen LogP contribution in [0.4, 0.5) is 11.5 Å². The fourth-order valence-electron chi connectivity index (χ4n) is 1.68. The SMILES string of the molecule is CCS(=O)(=O)c1ccc(O)c(NC(=O)c2nccnc2N)c1. The van der Waals surface area contributed by atoms with E-state index in [2.05, 4.69) is 15.3 Å². The van der Waals surface area contributed by atoms with Gasteiger partial charge in [-0.25, -0.2) is 18.4 Å². The van der Waals surface area contributed by atoms with Crippen molar-refractivity contribution < 1.29 is 18.3 Å². The number of sulfone groups is 1. The van der Waals surface area contributed by atoms with E-state index in [1.807, 2.05) is 0 Å². The Morgan fingerprint density at radius 3 is 2.64 bits per heavy atom. The summed E-state index contributed by atoms with van der Waals surface area (Å²) in [4.78, 5) is 19.6. The Labute approximate surface area is 126 Å². The molecule has 0 saturated heterocycles. The Bertz CT molecular complexity index is 821. The molecule has 0 aliphatic carbocycles. The Balaban J connectivity index is 2.36. The maximum atomic E-state index is 12.1. The van der Waals surface area contributed by atoms with Gasteiger partial charge in [-0.1, -0.05) is 6.92 Å². The molecule has 9 heteroatoms. The van der Waals surface area contributed by atoms with Gasteiger partial charge in [0.25, 0.3) is 5.91 Å². The van der Waals surface area contributed by atoms with Crippen LogP contribution >= 0.6 is 0 Å². The number of hydrogen-bond donors (Lipinski definition) is 3. The number of nitrogens with two attached hydrogens (primary N) is 1. The molecule has 22 heavy (non-hydrogen) atoms. The summed E-state index contributed by atoms with van der Waals surface area (Å²) >= 11 is 0. The number of carbonyl (C=O) groups is 1. The summed E-state index contributed by atoms with van der Waals surface area (Å²) < 4.78 is 23.7. The van der Waals surface area contributed by atoms with Crippen LogP contribution in [0.3, 0.4) is 0 Å². The lowest BCUT2D eigenvalue weighted by Crippen LogP contribution is -2.17. The van der Waals surface area contributed by atoms with Crippen LogP contribution in [0, 0.1) is 0 Å². The van der Waals surface area contributed by atoms with E-state index in [1.165, 1.54) is 37.5 Å². The van der Waals surface area contributed by atoms with Gasteiger partial charge in [0, 0.05) is 12.4 Å². The van der Waals surface area contributed by atoms with Crippen molar-refractivity contribution in [2.24, 2.45) is 0 Å². The smallest absolute Gasteiger partial charge is 0.278 e. The minimum atomic E-state index is -3.46. The van der Waals surface area contributed by atoms with E-state index in [0.717, 1.165) is 0 Å². The molecule has 4 N–H and O–H groups in total. The van der Waals surface area contributed by atoms with Crippen LogP contribution in [-0.4, -0.2) is 35.2 Å². The van der Waals surface area contributed by atoms with Crippen molar-refractivity contribution in [3.8, 4) is 5.75 Å². The number of hydrogen-bond acceptors (Lipinski definition) is 7. The van der Waals surface area contributed by atoms with Gasteiger partial charge in [-0.05, 0) is 18.2 Å². The number of phenols is 1. The van der Waals surface area contributed by atoms with Gasteiger partial charge in [0.2, 0.25) is 0 Å². The molecule has 0 bridgehead atoms. The fraction of sp³-hybridized carbons (Fsp3) is 0.154. The van der Waals surface area contributed by atoms with Gasteiger partial charge in [0.1, 0.15) is 5.75 Å². The second kappa shape index (κ2) is 5.98. The molecule has 0 aliphatic rings. The number of rotatable bonds is 4. The zero-order chi connectivity index (χ0) is 16.3. The molecule has 2 aromatic rings. The van der Waals surface area contributed by atoms with Crippen LogP contribution in [0.25, 0.3) is 0 Å². The van der Waals surface area contributed by atoms with Crippen LogP contribution in [-0.2, 0) is 9.84 Å². The third kappa shape index (κ3) is 3.14. The maximum Gasteiger partial charge on any atom is 0.278 e. The molecule has 8 nitrogen and oxygen atoms in total. The summed E-state index contributed by atoms with van der Waals surface area (Å²) in [6.07, 6.45) is 2.63. The van der Waals surface area contributed by atoms with Crippen molar-refractivity contribution in [2.45, 2.75) is 11.8 Å². The first kappa shape index (κ1) is 15.7. The van der Waals surface area contributed by atoms with E-state index < -0.39 is 15.7 Å². The predicted octanol–water partition coefficient (Wildman–Crippen LogP) is 0.810. The zero-order valence-electron chi connectivity index (χ0n) is 11.6. The summed E-state index contributed by atoms with van der Waals surface area (Å²) in [5.74, 6) is -1.14. The molecule has 0 spiro atoms. The summed E-state index contributed by atoms with van der Waals surface area (Å²) in [6.45, 7) is 1.50. The average molecular weight is 322 g/mol. The lowest BCUT2D eigenvalue weighted by molar-refractivity contribution is 0.102. The Morgan fingerprint density at radius 1 is 1.32 bits per heavy atom. The number of aromatic hydroxyl groups is 1.